The number of nitrogens with one attached hydrogen (secondary N) is 1. The minimum atomic E-state index is -2.31. The van der Waals surface area contributed by atoms with Gasteiger partial charge >= 0.3 is 0 Å². The van der Waals surface area contributed by atoms with E-state index in [0.29, 0.717) is 18.6 Å². The van der Waals surface area contributed by atoms with Crippen LogP contribution in [-0.2, 0) is 4.79 Å². The van der Waals surface area contributed by atoms with Gasteiger partial charge in [0.15, 0.2) is 0 Å². The van der Waals surface area contributed by atoms with Gasteiger partial charge in [0.2, 0.25) is 5.92 Å². The van der Waals surface area contributed by atoms with Gasteiger partial charge < -0.3 is 15.2 Å². The zero-order chi connectivity index (χ0) is 18.4. The molecule has 1 unspecified atom stereocenters. The first kappa shape index (κ1) is 22.5. The van der Waals surface area contributed by atoms with Gasteiger partial charge in [0.1, 0.15) is 12.0 Å². The Labute approximate surface area is 144 Å². The second kappa shape index (κ2) is 12.9. The zero-order valence-corrected chi connectivity index (χ0v) is 15.0. The summed E-state index contributed by atoms with van der Waals surface area (Å²) in [7, 11) is 0. The van der Waals surface area contributed by atoms with Crippen LogP contribution >= 0.6 is 0 Å². The molecule has 3 nitrogen and oxygen atoms in total. The van der Waals surface area contributed by atoms with Crippen LogP contribution in [0.3, 0.4) is 0 Å². The second-order valence-electron chi connectivity index (χ2n) is 6.18. The smallest absolute Gasteiger partial charge is 0.248 e. The predicted molar refractivity (Wildman–Crippen MR) is 94.6 cm³/mol. The minimum absolute atomic E-state index is 0.118. The number of halogens is 2. The van der Waals surface area contributed by atoms with E-state index in [0.717, 1.165) is 17.8 Å². The molecule has 5 heteroatoms. The van der Waals surface area contributed by atoms with Gasteiger partial charge in [-0.2, -0.15) is 0 Å². The maximum Gasteiger partial charge on any atom is 0.248 e. The average Bonchev–Trinajstić information content (AvgIpc) is 3.15. The van der Waals surface area contributed by atoms with Gasteiger partial charge in [-0.05, 0) is 63.7 Å². The Balaban J connectivity index is 0.000000308. The normalized spacial score (nSPS) is 20.5. The fourth-order valence-electron chi connectivity index (χ4n) is 2.25. The van der Waals surface area contributed by atoms with Gasteiger partial charge in [-0.25, -0.2) is 8.78 Å². The maximum absolute atomic E-state index is 11.9. The molecule has 1 aromatic rings. The molecule has 0 bridgehead atoms. The molecule has 1 aliphatic carbocycles. The van der Waals surface area contributed by atoms with Crippen molar-refractivity contribution in [3.8, 4) is 5.75 Å². The number of para-hydroxylation sites is 1. The van der Waals surface area contributed by atoms with Gasteiger partial charge in [-0.1, -0.05) is 25.1 Å². The molecule has 1 aliphatic heterocycles. The number of hydrogen-bond acceptors (Lipinski definition) is 3. The second-order valence-corrected chi connectivity index (χ2v) is 6.18. The Morgan fingerprint density at radius 2 is 1.79 bits per heavy atom. The lowest BCUT2D eigenvalue weighted by Gasteiger charge is -2.03. The molecule has 2 fully saturated rings. The van der Waals surface area contributed by atoms with Crippen LogP contribution in [0.2, 0.25) is 0 Å². The van der Waals surface area contributed by atoms with Crippen molar-refractivity contribution in [1.82, 2.24) is 5.32 Å². The van der Waals surface area contributed by atoms with Crippen molar-refractivity contribution in [2.45, 2.75) is 58.8 Å². The Bertz CT molecular complexity index is 418. The first-order chi connectivity index (χ1) is 11.3. The number of aldehydes is 1. The van der Waals surface area contributed by atoms with E-state index >= 15 is 0 Å². The molecule has 0 radical (unpaired) electrons. The molecule has 1 saturated carbocycles. The van der Waals surface area contributed by atoms with Crippen LogP contribution in [-0.4, -0.2) is 30.4 Å². The number of alkyl halides is 2. The molecular formula is C19H31F2NO2. The van der Waals surface area contributed by atoms with E-state index in [-0.39, 0.29) is 12.8 Å². The lowest BCUT2D eigenvalue weighted by Crippen LogP contribution is -2.06. The summed E-state index contributed by atoms with van der Waals surface area (Å²) in [5.41, 5.74) is 0.924. The third-order valence-corrected chi connectivity index (χ3v) is 3.76. The largest absolute Gasteiger partial charge is 0.508 e. The Kier molecular flexibility index (Phi) is 12.1. The molecule has 3 rings (SSSR count). The van der Waals surface area contributed by atoms with E-state index in [1.807, 2.05) is 25.1 Å². The van der Waals surface area contributed by atoms with Crippen LogP contribution in [0.25, 0.3) is 0 Å². The lowest BCUT2D eigenvalue weighted by atomic mass is 10.2. The van der Waals surface area contributed by atoms with Crippen LogP contribution in [0.4, 0.5) is 8.78 Å². The highest BCUT2D eigenvalue weighted by molar-refractivity contribution is 5.44. The van der Waals surface area contributed by atoms with Crippen LogP contribution in [0.1, 0.15) is 51.5 Å². The first-order valence-corrected chi connectivity index (χ1v) is 8.55. The van der Waals surface area contributed by atoms with Crippen LogP contribution in [0.5, 0.6) is 5.75 Å². The van der Waals surface area contributed by atoms with Gasteiger partial charge in [-0.15, -0.1) is 0 Å². The fraction of sp³-hybridized carbons (Fsp3) is 0.632. The predicted octanol–water partition coefficient (Wildman–Crippen LogP) is 4.72. The third kappa shape index (κ3) is 12.0. The highest BCUT2D eigenvalue weighted by Crippen LogP contribution is 2.33. The number of carbonyl (C=O) groups excluding carboxylic acids is 1. The van der Waals surface area contributed by atoms with E-state index in [4.69, 9.17) is 9.90 Å². The number of rotatable bonds is 0. The minimum Gasteiger partial charge on any atom is -0.508 e. The molecule has 24 heavy (non-hydrogen) atoms. The molecule has 1 heterocycles. The van der Waals surface area contributed by atoms with Crippen LogP contribution in [0.15, 0.2) is 24.3 Å². The molecule has 2 aliphatic rings. The number of benzene rings is 1. The van der Waals surface area contributed by atoms with Crippen molar-refractivity contribution in [1.29, 1.82) is 0 Å². The molecular weight excluding hydrogens is 312 g/mol. The highest BCUT2D eigenvalue weighted by atomic mass is 19.3. The quantitative estimate of drug-likeness (QED) is 0.670. The van der Waals surface area contributed by atoms with Gasteiger partial charge in [0, 0.05) is 12.8 Å². The molecule has 0 amide bonds. The number of carbonyl (C=O) groups is 1. The Morgan fingerprint density at radius 3 is 2.00 bits per heavy atom. The van der Waals surface area contributed by atoms with E-state index in [2.05, 4.69) is 12.2 Å². The zero-order valence-electron chi connectivity index (χ0n) is 15.0. The summed E-state index contributed by atoms with van der Waals surface area (Å²) in [6.45, 7) is 8.07. The molecule has 138 valence electrons. The molecule has 0 aromatic heterocycles. The summed E-state index contributed by atoms with van der Waals surface area (Å²) >= 11 is 0. The molecule has 1 aromatic carbocycles. The van der Waals surface area contributed by atoms with E-state index < -0.39 is 5.92 Å². The average molecular weight is 343 g/mol. The maximum atomic E-state index is 11.9. The lowest BCUT2D eigenvalue weighted by molar-refractivity contribution is -0.106. The molecule has 1 saturated heterocycles. The summed E-state index contributed by atoms with van der Waals surface area (Å²) in [4.78, 5) is 8.81. The van der Waals surface area contributed by atoms with Gasteiger partial charge in [0.25, 0.3) is 0 Å². The van der Waals surface area contributed by atoms with Crippen molar-refractivity contribution in [3.63, 3.8) is 0 Å². The Hall–Kier alpha value is -1.49. The number of aryl methyl sites for hydroxylation is 1. The van der Waals surface area contributed by atoms with Crippen molar-refractivity contribution in [3.05, 3.63) is 29.8 Å². The van der Waals surface area contributed by atoms with Crippen LogP contribution < -0.4 is 5.32 Å². The third-order valence-electron chi connectivity index (χ3n) is 3.76. The fourth-order valence-corrected chi connectivity index (χ4v) is 2.25. The van der Waals surface area contributed by atoms with E-state index in [9.17, 15) is 8.78 Å². The topological polar surface area (TPSA) is 49.3 Å². The van der Waals surface area contributed by atoms with Crippen LogP contribution in [0, 0.1) is 12.8 Å². The van der Waals surface area contributed by atoms with Crippen molar-refractivity contribution >= 4 is 6.29 Å². The number of hydrogen-bond donors (Lipinski definition) is 2. The van der Waals surface area contributed by atoms with Crippen molar-refractivity contribution < 1.29 is 18.7 Å². The summed E-state index contributed by atoms with van der Waals surface area (Å²) < 4.78 is 23.9. The van der Waals surface area contributed by atoms with Crippen molar-refractivity contribution in [2.24, 2.45) is 5.92 Å². The summed E-state index contributed by atoms with van der Waals surface area (Å²) in [5, 5.41) is 12.2. The molecule has 1 atom stereocenters. The highest BCUT2D eigenvalue weighted by Gasteiger charge is 2.32. The summed E-state index contributed by atoms with van der Waals surface area (Å²) in [6.07, 6.45) is 3.79. The number of phenols is 1. The monoisotopic (exact) mass is 343 g/mol. The van der Waals surface area contributed by atoms with E-state index in [1.165, 1.54) is 26.4 Å². The van der Waals surface area contributed by atoms with Gasteiger partial charge in [0.05, 0.1) is 0 Å². The van der Waals surface area contributed by atoms with Crippen molar-refractivity contribution in [2.75, 3.05) is 13.1 Å². The molecule has 0 spiro atoms. The standard InChI is InChI=1S/C7H8O.C5H8F2.C5H11N.C2H4O/c1-6-4-2-3-5-7(6)8;6-5(7)3-1-2-4-5;1-5-2-3-6-4-5;1-2-3/h2-5,8H,1H3;1-4H2;5-6H,2-4H2,1H3;2H,1H3. The number of phenolic OH excluding ortho intramolecular Hbond substituents is 1. The van der Waals surface area contributed by atoms with Gasteiger partial charge in [-0.3, -0.25) is 0 Å². The Morgan fingerprint density at radius 1 is 1.25 bits per heavy atom. The SMILES string of the molecule is CC1CCNC1.CC=O.Cc1ccccc1O.FC1(F)CCCC1. The molecule has 2 N–H and O–H groups in total. The summed E-state index contributed by atoms with van der Waals surface area (Å²) in [6, 6.07) is 7.25. The number of aromatic hydroxyl groups is 1. The first-order valence-electron chi connectivity index (χ1n) is 8.55. The summed E-state index contributed by atoms with van der Waals surface area (Å²) in [5.74, 6) is -1.00. The van der Waals surface area contributed by atoms with E-state index in [1.54, 1.807) is 6.07 Å².